The standard InChI is InChI=1S/C14H19ClN2O3/c1-9(16)4-3-5-13(18)17-12-8-10(15)6-7-11(12)14(19)20-2/h6-9H,3-5,16H2,1-2H3,(H,17,18). The largest absolute Gasteiger partial charge is 0.465 e. The predicted molar refractivity (Wildman–Crippen MR) is 78.9 cm³/mol. The van der Waals surface area contributed by atoms with Crippen LogP contribution in [0.3, 0.4) is 0 Å². The third-order valence-electron chi connectivity index (χ3n) is 2.72. The van der Waals surface area contributed by atoms with Gasteiger partial charge in [0.15, 0.2) is 0 Å². The van der Waals surface area contributed by atoms with Crippen molar-refractivity contribution >= 4 is 29.2 Å². The molecule has 0 spiro atoms. The Kier molecular flexibility index (Phi) is 6.48. The van der Waals surface area contributed by atoms with Gasteiger partial charge >= 0.3 is 5.97 Å². The molecule has 1 aromatic carbocycles. The van der Waals surface area contributed by atoms with E-state index in [0.717, 1.165) is 6.42 Å². The van der Waals surface area contributed by atoms with E-state index >= 15 is 0 Å². The van der Waals surface area contributed by atoms with Crippen LogP contribution < -0.4 is 11.1 Å². The van der Waals surface area contributed by atoms with E-state index in [-0.39, 0.29) is 17.5 Å². The number of methoxy groups -OCH3 is 1. The van der Waals surface area contributed by atoms with E-state index in [1.54, 1.807) is 6.07 Å². The molecule has 110 valence electrons. The zero-order valence-electron chi connectivity index (χ0n) is 11.6. The minimum absolute atomic E-state index is 0.0691. The van der Waals surface area contributed by atoms with Crippen molar-refractivity contribution in [1.29, 1.82) is 0 Å². The van der Waals surface area contributed by atoms with Gasteiger partial charge in [0.25, 0.3) is 0 Å². The normalized spacial score (nSPS) is 11.8. The third kappa shape index (κ3) is 5.19. The molecule has 0 aliphatic rings. The topological polar surface area (TPSA) is 81.4 Å². The number of hydrogen-bond donors (Lipinski definition) is 2. The fraction of sp³-hybridized carbons (Fsp3) is 0.429. The summed E-state index contributed by atoms with van der Waals surface area (Å²) in [5, 5.41) is 3.11. The van der Waals surface area contributed by atoms with Gasteiger partial charge in [0.05, 0.1) is 18.4 Å². The molecule has 0 aliphatic carbocycles. The molecule has 0 saturated carbocycles. The van der Waals surface area contributed by atoms with Gasteiger partial charge in [-0.3, -0.25) is 4.79 Å². The van der Waals surface area contributed by atoms with E-state index in [9.17, 15) is 9.59 Å². The van der Waals surface area contributed by atoms with Gasteiger partial charge in [-0.25, -0.2) is 4.79 Å². The summed E-state index contributed by atoms with van der Waals surface area (Å²) in [5.41, 5.74) is 6.25. The van der Waals surface area contributed by atoms with Gasteiger partial charge in [0.2, 0.25) is 5.91 Å². The molecule has 1 unspecified atom stereocenters. The van der Waals surface area contributed by atoms with Crippen LogP contribution in [0, 0.1) is 0 Å². The maximum atomic E-state index is 11.8. The summed E-state index contributed by atoms with van der Waals surface area (Å²) in [6.07, 6.45) is 1.80. The van der Waals surface area contributed by atoms with Gasteiger partial charge in [0, 0.05) is 17.5 Å². The van der Waals surface area contributed by atoms with Crippen LogP contribution in [0.2, 0.25) is 5.02 Å². The molecule has 5 nitrogen and oxygen atoms in total. The first-order chi connectivity index (χ1) is 9.43. The zero-order valence-corrected chi connectivity index (χ0v) is 12.4. The van der Waals surface area contributed by atoms with Gasteiger partial charge in [-0.05, 0) is 38.0 Å². The third-order valence-corrected chi connectivity index (χ3v) is 2.96. The van der Waals surface area contributed by atoms with E-state index in [0.29, 0.717) is 23.6 Å². The molecule has 0 radical (unpaired) electrons. The number of benzene rings is 1. The Hall–Kier alpha value is -1.59. The SMILES string of the molecule is COC(=O)c1ccc(Cl)cc1NC(=O)CCCC(C)N. The first kappa shape index (κ1) is 16.5. The summed E-state index contributed by atoms with van der Waals surface area (Å²) in [4.78, 5) is 23.4. The van der Waals surface area contributed by atoms with Crippen molar-refractivity contribution < 1.29 is 14.3 Å². The molecule has 1 rings (SSSR count). The Morgan fingerprint density at radius 3 is 2.75 bits per heavy atom. The van der Waals surface area contributed by atoms with E-state index in [1.807, 2.05) is 6.92 Å². The molecule has 1 aromatic rings. The fourth-order valence-corrected chi connectivity index (χ4v) is 1.88. The summed E-state index contributed by atoms with van der Waals surface area (Å²) in [6.45, 7) is 1.89. The number of rotatable bonds is 6. The number of ether oxygens (including phenoxy) is 1. The fourth-order valence-electron chi connectivity index (χ4n) is 1.71. The van der Waals surface area contributed by atoms with Crippen molar-refractivity contribution in [2.75, 3.05) is 12.4 Å². The van der Waals surface area contributed by atoms with Crippen molar-refractivity contribution in [3.05, 3.63) is 28.8 Å². The quantitative estimate of drug-likeness (QED) is 0.791. The van der Waals surface area contributed by atoms with Crippen molar-refractivity contribution in [2.45, 2.75) is 32.2 Å². The van der Waals surface area contributed by atoms with Gasteiger partial charge < -0.3 is 15.8 Å². The lowest BCUT2D eigenvalue weighted by Crippen LogP contribution is -2.18. The lowest BCUT2D eigenvalue weighted by atomic mass is 10.1. The lowest BCUT2D eigenvalue weighted by Gasteiger charge is -2.10. The molecule has 0 fully saturated rings. The number of nitrogens with two attached hydrogens (primary N) is 1. The van der Waals surface area contributed by atoms with E-state index in [1.165, 1.54) is 19.2 Å². The number of esters is 1. The zero-order chi connectivity index (χ0) is 15.1. The minimum atomic E-state index is -0.521. The molecule has 20 heavy (non-hydrogen) atoms. The molecule has 0 saturated heterocycles. The van der Waals surface area contributed by atoms with Crippen molar-refractivity contribution in [2.24, 2.45) is 5.73 Å². The van der Waals surface area contributed by atoms with Gasteiger partial charge in [-0.1, -0.05) is 11.6 Å². The van der Waals surface area contributed by atoms with Crippen LogP contribution in [0.4, 0.5) is 5.69 Å². The smallest absolute Gasteiger partial charge is 0.339 e. The van der Waals surface area contributed by atoms with Crippen molar-refractivity contribution in [1.82, 2.24) is 0 Å². The Balaban J connectivity index is 2.72. The van der Waals surface area contributed by atoms with Crippen LogP contribution in [-0.2, 0) is 9.53 Å². The summed E-state index contributed by atoms with van der Waals surface area (Å²) < 4.78 is 4.66. The second-order valence-corrected chi connectivity index (χ2v) is 5.04. The summed E-state index contributed by atoms with van der Waals surface area (Å²) >= 11 is 5.87. The number of amides is 1. The second-order valence-electron chi connectivity index (χ2n) is 4.60. The lowest BCUT2D eigenvalue weighted by molar-refractivity contribution is -0.116. The monoisotopic (exact) mass is 298 g/mol. The first-order valence-electron chi connectivity index (χ1n) is 6.37. The van der Waals surface area contributed by atoms with E-state index < -0.39 is 5.97 Å². The Morgan fingerprint density at radius 2 is 2.15 bits per heavy atom. The van der Waals surface area contributed by atoms with Crippen LogP contribution in [-0.4, -0.2) is 25.0 Å². The number of carbonyl (C=O) groups is 2. The molecule has 1 atom stereocenters. The average Bonchev–Trinajstić information content (AvgIpc) is 2.37. The molecule has 1 amide bonds. The van der Waals surface area contributed by atoms with Crippen molar-refractivity contribution in [3.8, 4) is 0 Å². The number of nitrogens with one attached hydrogen (secondary N) is 1. The maximum Gasteiger partial charge on any atom is 0.339 e. The first-order valence-corrected chi connectivity index (χ1v) is 6.75. The summed E-state index contributed by atoms with van der Waals surface area (Å²) in [6, 6.07) is 4.68. The van der Waals surface area contributed by atoms with Crippen LogP contribution >= 0.6 is 11.6 Å². The van der Waals surface area contributed by atoms with E-state index in [4.69, 9.17) is 17.3 Å². The second kappa shape index (κ2) is 7.87. The number of anilines is 1. The van der Waals surface area contributed by atoms with Crippen molar-refractivity contribution in [3.63, 3.8) is 0 Å². The van der Waals surface area contributed by atoms with Crippen LogP contribution in [0.5, 0.6) is 0 Å². The average molecular weight is 299 g/mol. The molecule has 6 heteroatoms. The highest BCUT2D eigenvalue weighted by atomic mass is 35.5. The van der Waals surface area contributed by atoms with Crippen LogP contribution in [0.1, 0.15) is 36.5 Å². The van der Waals surface area contributed by atoms with Crippen LogP contribution in [0.15, 0.2) is 18.2 Å². The highest BCUT2D eigenvalue weighted by molar-refractivity contribution is 6.31. The predicted octanol–water partition coefficient (Wildman–Crippen LogP) is 2.58. The number of halogens is 1. The Bertz CT molecular complexity index is 489. The highest BCUT2D eigenvalue weighted by Crippen LogP contribution is 2.22. The summed E-state index contributed by atoms with van der Waals surface area (Å²) in [7, 11) is 1.28. The maximum absolute atomic E-state index is 11.8. The highest BCUT2D eigenvalue weighted by Gasteiger charge is 2.14. The molecular formula is C14H19ClN2O3. The molecule has 0 bridgehead atoms. The Morgan fingerprint density at radius 1 is 1.45 bits per heavy atom. The van der Waals surface area contributed by atoms with Gasteiger partial charge in [0.1, 0.15) is 0 Å². The van der Waals surface area contributed by atoms with Gasteiger partial charge in [-0.2, -0.15) is 0 Å². The number of hydrogen-bond acceptors (Lipinski definition) is 4. The summed E-state index contributed by atoms with van der Waals surface area (Å²) in [5.74, 6) is -0.703. The molecular weight excluding hydrogens is 280 g/mol. The molecule has 0 aromatic heterocycles. The molecule has 3 N–H and O–H groups in total. The molecule has 0 heterocycles. The van der Waals surface area contributed by atoms with Crippen LogP contribution in [0.25, 0.3) is 0 Å². The minimum Gasteiger partial charge on any atom is -0.465 e. The Labute approximate surface area is 123 Å². The number of carbonyl (C=O) groups excluding carboxylic acids is 2. The molecule has 0 aliphatic heterocycles. The van der Waals surface area contributed by atoms with Gasteiger partial charge in [-0.15, -0.1) is 0 Å². The van der Waals surface area contributed by atoms with E-state index in [2.05, 4.69) is 10.1 Å².